The Hall–Kier alpha value is -3.00. The fraction of sp³-hybridized carbons (Fsp3) is 0.333. The minimum atomic E-state index is -0.674. The van der Waals surface area contributed by atoms with Crippen molar-refractivity contribution in [2.75, 3.05) is 32.6 Å². The molecular weight excluding hydrogens is 338 g/mol. The number of nitrogens with one attached hydrogen (secondary N) is 1. The molecule has 1 N–H and O–H groups in total. The van der Waals surface area contributed by atoms with Crippen LogP contribution in [0, 0.1) is 0 Å². The van der Waals surface area contributed by atoms with Crippen LogP contribution in [0.3, 0.4) is 0 Å². The van der Waals surface area contributed by atoms with Crippen LogP contribution in [0.15, 0.2) is 36.0 Å². The lowest BCUT2D eigenvalue weighted by Gasteiger charge is -2.28. The van der Waals surface area contributed by atoms with E-state index in [-0.39, 0.29) is 11.4 Å². The molecule has 1 aromatic carbocycles. The molecule has 0 aliphatic carbocycles. The van der Waals surface area contributed by atoms with E-state index in [2.05, 4.69) is 5.32 Å². The van der Waals surface area contributed by atoms with Crippen molar-refractivity contribution in [2.24, 2.45) is 0 Å². The molecule has 0 saturated carbocycles. The summed E-state index contributed by atoms with van der Waals surface area (Å²) in [5, 5.41) is 2.85. The van der Waals surface area contributed by atoms with Crippen LogP contribution in [0.4, 0.5) is 10.5 Å². The van der Waals surface area contributed by atoms with Gasteiger partial charge in [-0.2, -0.15) is 0 Å². The van der Waals surface area contributed by atoms with E-state index < -0.39 is 17.8 Å². The fourth-order valence-corrected chi connectivity index (χ4v) is 2.34. The predicted molar refractivity (Wildman–Crippen MR) is 94.5 cm³/mol. The molecule has 1 aliphatic rings. The number of hydrogen-bond donors (Lipinski definition) is 1. The van der Waals surface area contributed by atoms with Gasteiger partial charge in [-0.15, -0.1) is 0 Å². The smallest absolute Gasteiger partial charge is 0.333 e. The normalized spacial score (nSPS) is 14.7. The van der Waals surface area contributed by atoms with E-state index in [4.69, 9.17) is 4.74 Å². The van der Waals surface area contributed by atoms with Gasteiger partial charge in [-0.1, -0.05) is 0 Å². The zero-order chi connectivity index (χ0) is 19.3. The zero-order valence-corrected chi connectivity index (χ0v) is 14.9. The van der Waals surface area contributed by atoms with Gasteiger partial charge < -0.3 is 10.1 Å². The highest BCUT2D eigenvalue weighted by molar-refractivity contribution is 6.28. The summed E-state index contributed by atoms with van der Waals surface area (Å²) in [5.74, 6) is -1.37. The molecule has 8 heteroatoms. The van der Waals surface area contributed by atoms with Crippen molar-refractivity contribution in [3.63, 3.8) is 0 Å². The largest absolute Gasteiger partial charge is 0.381 e. The summed E-state index contributed by atoms with van der Waals surface area (Å²) >= 11 is 0. The number of likely N-dealkylation sites (N-methyl/N-ethyl adjacent to an activating group) is 2. The van der Waals surface area contributed by atoms with Crippen LogP contribution in [0.5, 0.6) is 0 Å². The first kappa shape index (κ1) is 19.3. The second kappa shape index (κ2) is 8.39. The summed E-state index contributed by atoms with van der Waals surface area (Å²) in [5.41, 5.74) is 1.01. The van der Waals surface area contributed by atoms with E-state index in [1.54, 1.807) is 24.3 Å². The van der Waals surface area contributed by atoms with Crippen molar-refractivity contribution in [1.29, 1.82) is 0 Å². The van der Waals surface area contributed by atoms with E-state index in [0.717, 1.165) is 9.80 Å². The van der Waals surface area contributed by atoms with Crippen LogP contribution in [0.1, 0.15) is 23.7 Å². The summed E-state index contributed by atoms with van der Waals surface area (Å²) < 4.78 is 5.16. The molecule has 0 aromatic heterocycles. The number of amides is 4. The van der Waals surface area contributed by atoms with Crippen molar-refractivity contribution in [1.82, 2.24) is 9.80 Å². The number of benzene rings is 1. The quantitative estimate of drug-likeness (QED) is 0.344. The van der Waals surface area contributed by atoms with Gasteiger partial charge in [0.2, 0.25) is 0 Å². The molecule has 0 spiro atoms. The highest BCUT2D eigenvalue weighted by Gasteiger charge is 2.37. The highest BCUT2D eigenvalue weighted by Crippen LogP contribution is 2.16. The SMILES string of the molecule is CCOCCC(=O)c1ccc(NC=C2C(=O)N(C)C(=O)N(C)C2=O)cc1. The minimum absolute atomic E-state index is 0.0252. The second-order valence-electron chi connectivity index (χ2n) is 5.66. The maximum atomic E-state index is 12.1. The van der Waals surface area contributed by atoms with Crippen LogP contribution in [0.2, 0.25) is 0 Å². The number of Topliss-reactive ketones (excluding diaryl/α,β-unsaturated/α-hetero) is 1. The Kier molecular flexibility index (Phi) is 6.24. The molecule has 1 saturated heterocycles. The highest BCUT2D eigenvalue weighted by atomic mass is 16.5. The number of barbiturate groups is 1. The molecule has 0 atom stereocenters. The third-order valence-corrected chi connectivity index (χ3v) is 3.91. The fourth-order valence-electron chi connectivity index (χ4n) is 2.34. The van der Waals surface area contributed by atoms with Gasteiger partial charge in [0.05, 0.1) is 6.61 Å². The number of carbonyl (C=O) groups excluding carboxylic acids is 4. The van der Waals surface area contributed by atoms with Gasteiger partial charge in [0.1, 0.15) is 5.57 Å². The molecule has 2 rings (SSSR count). The second-order valence-corrected chi connectivity index (χ2v) is 5.66. The van der Waals surface area contributed by atoms with Crippen LogP contribution in [-0.2, 0) is 14.3 Å². The van der Waals surface area contributed by atoms with E-state index >= 15 is 0 Å². The van der Waals surface area contributed by atoms with Crippen LogP contribution in [-0.4, -0.2) is 60.7 Å². The van der Waals surface area contributed by atoms with E-state index in [1.807, 2.05) is 6.92 Å². The molecule has 1 heterocycles. The first-order valence-corrected chi connectivity index (χ1v) is 8.14. The average molecular weight is 359 g/mol. The van der Waals surface area contributed by atoms with Crippen molar-refractivity contribution >= 4 is 29.3 Å². The number of ketones is 1. The van der Waals surface area contributed by atoms with Crippen LogP contribution < -0.4 is 5.32 Å². The Morgan fingerprint density at radius 3 is 2.19 bits per heavy atom. The Bertz CT molecular complexity index is 729. The summed E-state index contributed by atoms with van der Waals surface area (Å²) in [6, 6.07) is 5.97. The third-order valence-electron chi connectivity index (χ3n) is 3.91. The number of urea groups is 1. The molecule has 26 heavy (non-hydrogen) atoms. The summed E-state index contributed by atoms with van der Waals surface area (Å²) in [6.07, 6.45) is 1.57. The number of imide groups is 2. The molecule has 1 aliphatic heterocycles. The van der Waals surface area contributed by atoms with E-state index in [0.29, 0.717) is 30.9 Å². The minimum Gasteiger partial charge on any atom is -0.381 e. The lowest BCUT2D eigenvalue weighted by atomic mass is 10.1. The summed E-state index contributed by atoms with van der Waals surface area (Å²) in [7, 11) is 2.62. The van der Waals surface area contributed by atoms with Gasteiger partial charge in [-0.25, -0.2) is 4.79 Å². The predicted octanol–water partition coefficient (Wildman–Crippen LogP) is 1.64. The molecular formula is C18H21N3O5. The van der Waals surface area contributed by atoms with Gasteiger partial charge in [0.15, 0.2) is 5.78 Å². The van der Waals surface area contributed by atoms with Crippen LogP contribution >= 0.6 is 0 Å². The first-order valence-electron chi connectivity index (χ1n) is 8.14. The number of hydrogen-bond acceptors (Lipinski definition) is 6. The van der Waals surface area contributed by atoms with Crippen molar-refractivity contribution in [3.05, 3.63) is 41.6 Å². The average Bonchev–Trinajstić information content (AvgIpc) is 2.65. The number of carbonyl (C=O) groups is 4. The molecule has 0 bridgehead atoms. The van der Waals surface area contributed by atoms with Crippen LogP contribution in [0.25, 0.3) is 0 Å². The molecule has 138 valence electrons. The van der Waals surface area contributed by atoms with E-state index in [1.165, 1.54) is 20.3 Å². The zero-order valence-electron chi connectivity index (χ0n) is 14.9. The molecule has 0 unspecified atom stereocenters. The maximum absolute atomic E-state index is 12.1. The monoisotopic (exact) mass is 359 g/mol. The van der Waals surface area contributed by atoms with Gasteiger partial charge in [0.25, 0.3) is 11.8 Å². The lowest BCUT2D eigenvalue weighted by Crippen LogP contribution is -2.53. The van der Waals surface area contributed by atoms with Crippen molar-refractivity contribution in [3.8, 4) is 0 Å². The number of ether oxygens (including phenoxy) is 1. The summed E-state index contributed by atoms with van der Waals surface area (Å²) in [4.78, 5) is 49.6. The Morgan fingerprint density at radius 1 is 1.08 bits per heavy atom. The summed E-state index contributed by atoms with van der Waals surface area (Å²) in [6.45, 7) is 2.82. The van der Waals surface area contributed by atoms with Crippen molar-refractivity contribution < 1.29 is 23.9 Å². The molecule has 1 fully saturated rings. The Labute approximate surface area is 151 Å². The lowest BCUT2D eigenvalue weighted by molar-refractivity contribution is -0.134. The Morgan fingerprint density at radius 2 is 1.65 bits per heavy atom. The number of anilines is 1. The molecule has 1 aromatic rings. The Balaban J connectivity index is 2.06. The van der Waals surface area contributed by atoms with Gasteiger partial charge in [-0.3, -0.25) is 24.2 Å². The third kappa shape index (κ3) is 4.15. The van der Waals surface area contributed by atoms with Gasteiger partial charge in [-0.05, 0) is 31.2 Å². The standard InChI is InChI=1S/C18H21N3O5/c1-4-26-10-9-15(22)12-5-7-13(8-6-12)19-11-14-16(23)20(2)18(25)21(3)17(14)24/h5-8,11,19H,4,9-10H2,1-3H3. The first-order chi connectivity index (χ1) is 12.4. The number of rotatable bonds is 7. The maximum Gasteiger partial charge on any atom is 0.333 e. The molecule has 8 nitrogen and oxygen atoms in total. The van der Waals surface area contributed by atoms with Crippen molar-refractivity contribution in [2.45, 2.75) is 13.3 Å². The van der Waals surface area contributed by atoms with E-state index in [9.17, 15) is 19.2 Å². The van der Waals surface area contributed by atoms with Gasteiger partial charge in [0, 0.05) is 44.6 Å². The molecule has 4 amide bonds. The molecule has 0 radical (unpaired) electrons. The van der Waals surface area contributed by atoms with Gasteiger partial charge >= 0.3 is 6.03 Å². The topological polar surface area (TPSA) is 96.0 Å². The number of nitrogens with zero attached hydrogens (tertiary/aromatic N) is 2.